The van der Waals surface area contributed by atoms with Crippen molar-refractivity contribution in [2.75, 3.05) is 12.4 Å². The number of phenolic OH excluding ortho intramolecular Hbond substituents is 1. The normalized spacial score (nSPS) is 17.1. The van der Waals surface area contributed by atoms with E-state index < -0.39 is 10.8 Å². The lowest BCUT2D eigenvalue weighted by Crippen LogP contribution is -2.31. The number of phenols is 1. The maximum Gasteiger partial charge on any atom is 0.433 e. The number of aryl methyl sites for hydroxylation is 2. The first-order valence-electron chi connectivity index (χ1n) is 11.1. The maximum absolute atomic E-state index is 13.5. The molecular formula is C24H24N4O7. The number of anilines is 1. The lowest BCUT2D eigenvalue weighted by molar-refractivity contribution is -0.402. The van der Waals surface area contributed by atoms with Crippen LogP contribution in [-0.4, -0.2) is 33.1 Å². The molecule has 1 fully saturated rings. The molecule has 0 spiro atoms. The number of hydrogen-bond acceptors (Lipinski definition) is 9. The van der Waals surface area contributed by atoms with Gasteiger partial charge < -0.3 is 29.0 Å². The Hall–Kier alpha value is -4.28. The number of furan rings is 1. The molecule has 1 aliphatic heterocycles. The highest BCUT2D eigenvalue weighted by Gasteiger charge is 2.41. The summed E-state index contributed by atoms with van der Waals surface area (Å²) in [7, 11) is 1.47. The van der Waals surface area contributed by atoms with E-state index in [1.807, 2.05) is 4.90 Å². The van der Waals surface area contributed by atoms with Crippen LogP contribution in [0.1, 0.15) is 47.2 Å². The van der Waals surface area contributed by atoms with Crippen LogP contribution in [0, 0.1) is 29.9 Å². The number of aromatic nitrogens is 1. The Morgan fingerprint density at radius 1 is 1.34 bits per heavy atom. The van der Waals surface area contributed by atoms with Gasteiger partial charge >= 0.3 is 5.88 Å². The molecule has 1 aliphatic carbocycles. The first-order valence-corrected chi connectivity index (χ1v) is 11.1. The summed E-state index contributed by atoms with van der Waals surface area (Å²) >= 11 is 0. The van der Waals surface area contributed by atoms with Gasteiger partial charge in [0.2, 0.25) is 0 Å². The second kappa shape index (κ2) is 8.49. The van der Waals surface area contributed by atoms with Crippen molar-refractivity contribution < 1.29 is 28.5 Å². The van der Waals surface area contributed by atoms with Crippen molar-refractivity contribution in [2.24, 2.45) is 5.92 Å². The van der Waals surface area contributed by atoms with E-state index in [0.29, 0.717) is 45.7 Å². The highest BCUT2D eigenvalue weighted by Crippen LogP contribution is 2.51. The zero-order chi connectivity index (χ0) is 24.9. The van der Waals surface area contributed by atoms with Gasteiger partial charge in [0.15, 0.2) is 17.3 Å². The number of methoxy groups -OCH3 is 1. The lowest BCUT2D eigenvalue weighted by Gasteiger charge is -2.37. The number of fused-ring (bicyclic) bond motifs is 1. The summed E-state index contributed by atoms with van der Waals surface area (Å²) in [5.41, 5.74) is 2.75. The summed E-state index contributed by atoms with van der Waals surface area (Å²) in [6.45, 7) is 3.65. The quantitative estimate of drug-likeness (QED) is 0.370. The molecule has 0 radical (unpaired) electrons. The summed E-state index contributed by atoms with van der Waals surface area (Å²) in [6, 6.07) is 6.04. The Balaban J connectivity index is 1.58. The van der Waals surface area contributed by atoms with Gasteiger partial charge in [-0.05, 0) is 61.9 Å². The Kier molecular flexibility index (Phi) is 5.46. The molecule has 1 saturated carbocycles. The zero-order valence-electron chi connectivity index (χ0n) is 19.4. The Labute approximate surface area is 200 Å². The van der Waals surface area contributed by atoms with Crippen molar-refractivity contribution in [3.05, 3.63) is 68.9 Å². The first kappa shape index (κ1) is 22.5. The van der Waals surface area contributed by atoms with E-state index in [-0.39, 0.29) is 24.2 Å². The minimum Gasteiger partial charge on any atom is -0.504 e. The van der Waals surface area contributed by atoms with Gasteiger partial charge in [-0.1, -0.05) is 5.16 Å². The average molecular weight is 480 g/mol. The van der Waals surface area contributed by atoms with Gasteiger partial charge in [0.1, 0.15) is 22.1 Å². The number of nitro groups is 1. The molecule has 1 unspecified atom stereocenters. The highest BCUT2D eigenvalue weighted by atomic mass is 16.6. The molecule has 3 aromatic rings. The van der Waals surface area contributed by atoms with E-state index in [4.69, 9.17) is 13.7 Å². The summed E-state index contributed by atoms with van der Waals surface area (Å²) in [4.78, 5) is 25.9. The first-order chi connectivity index (χ1) is 16.8. The highest BCUT2D eigenvalue weighted by molar-refractivity contribution is 6.26. The third kappa shape index (κ3) is 4.09. The van der Waals surface area contributed by atoms with Gasteiger partial charge in [-0.25, -0.2) is 0 Å². The zero-order valence-corrected chi connectivity index (χ0v) is 19.4. The van der Waals surface area contributed by atoms with Crippen LogP contribution in [0.2, 0.25) is 0 Å². The number of amides is 1. The molecule has 2 aliphatic rings. The van der Waals surface area contributed by atoms with Gasteiger partial charge in [-0.2, -0.15) is 0 Å². The van der Waals surface area contributed by atoms with Crippen LogP contribution in [-0.2, 0) is 11.3 Å². The smallest absolute Gasteiger partial charge is 0.433 e. The van der Waals surface area contributed by atoms with Gasteiger partial charge in [0.05, 0.1) is 31.3 Å². The van der Waals surface area contributed by atoms with Crippen molar-refractivity contribution in [1.29, 1.82) is 0 Å². The number of nitrogens with zero attached hydrogens (tertiary/aromatic N) is 3. The number of hydrogen-bond donors (Lipinski definition) is 2. The van der Waals surface area contributed by atoms with Crippen molar-refractivity contribution in [3.63, 3.8) is 0 Å². The van der Waals surface area contributed by atoms with E-state index in [0.717, 1.165) is 18.4 Å². The average Bonchev–Trinajstić information content (AvgIpc) is 3.47. The third-order valence-electron chi connectivity index (χ3n) is 6.36. The van der Waals surface area contributed by atoms with Gasteiger partial charge in [-0.3, -0.25) is 14.9 Å². The van der Waals surface area contributed by atoms with E-state index in [9.17, 15) is 20.0 Å². The molecule has 1 atom stereocenters. The van der Waals surface area contributed by atoms with Crippen LogP contribution < -0.4 is 10.1 Å². The predicted octanol–water partition coefficient (Wildman–Crippen LogP) is 4.45. The van der Waals surface area contributed by atoms with Crippen LogP contribution in [0.15, 0.2) is 39.4 Å². The van der Waals surface area contributed by atoms with Crippen LogP contribution >= 0.6 is 0 Å². The molecule has 2 N–H and O–H groups in total. The molecule has 1 amide bonds. The minimum absolute atomic E-state index is 0.0769. The van der Waals surface area contributed by atoms with Gasteiger partial charge in [-0.15, -0.1) is 0 Å². The van der Waals surface area contributed by atoms with E-state index >= 15 is 0 Å². The number of aromatic hydroxyl groups is 1. The summed E-state index contributed by atoms with van der Waals surface area (Å²) in [6.07, 6.45) is 3.71. The SMILES string of the molecule is COc1cc2c(cc1O)C(C(=O)Nc1c(C)noc1C)=CN(Cc1ccc([N+](=O)[O-])o1)C2C1CC1. The molecule has 2 aromatic heterocycles. The molecular weight excluding hydrogens is 456 g/mol. The third-order valence-corrected chi connectivity index (χ3v) is 6.36. The monoisotopic (exact) mass is 480 g/mol. The molecule has 182 valence electrons. The molecule has 0 saturated heterocycles. The van der Waals surface area contributed by atoms with E-state index in [1.165, 1.54) is 19.2 Å². The van der Waals surface area contributed by atoms with Crippen LogP contribution in [0.4, 0.5) is 11.6 Å². The number of nitrogens with one attached hydrogen (secondary N) is 1. The van der Waals surface area contributed by atoms with Crippen LogP contribution in [0.25, 0.3) is 5.57 Å². The molecule has 11 heteroatoms. The summed E-state index contributed by atoms with van der Waals surface area (Å²) in [5, 5.41) is 28.3. The van der Waals surface area contributed by atoms with Gasteiger partial charge in [0.25, 0.3) is 5.91 Å². The molecule has 0 bridgehead atoms. The van der Waals surface area contributed by atoms with Gasteiger partial charge in [0, 0.05) is 6.20 Å². The summed E-state index contributed by atoms with van der Waals surface area (Å²) < 4.78 is 15.9. The minimum atomic E-state index is -0.584. The molecule has 35 heavy (non-hydrogen) atoms. The van der Waals surface area contributed by atoms with Crippen molar-refractivity contribution in [1.82, 2.24) is 10.1 Å². The fraction of sp³-hybridized carbons (Fsp3) is 0.333. The fourth-order valence-electron chi connectivity index (χ4n) is 4.55. The van der Waals surface area contributed by atoms with E-state index in [1.54, 1.807) is 32.2 Å². The Bertz CT molecular complexity index is 1330. The molecule has 5 rings (SSSR count). The second-order valence-electron chi connectivity index (χ2n) is 8.76. The maximum atomic E-state index is 13.5. The van der Waals surface area contributed by atoms with Crippen LogP contribution in [0.3, 0.4) is 0 Å². The number of ether oxygens (including phenoxy) is 1. The summed E-state index contributed by atoms with van der Waals surface area (Å²) in [5.74, 6) is 0.667. The van der Waals surface area contributed by atoms with Crippen LogP contribution in [0.5, 0.6) is 11.5 Å². The second-order valence-corrected chi connectivity index (χ2v) is 8.76. The van der Waals surface area contributed by atoms with E-state index in [2.05, 4.69) is 10.5 Å². The topological polar surface area (TPSA) is 144 Å². The number of rotatable bonds is 7. The molecule has 3 heterocycles. The standard InChI is InChI=1S/C24H24N4O7/c1-12-22(13(2)35-26-12)25-24(30)18-11-27(10-15-6-7-21(34-15)28(31)32)23(14-4-5-14)17-9-20(33-3)19(29)8-16(17)18/h6-9,11,14,23,29H,4-5,10H2,1-3H3,(H,25,30). The van der Waals surface area contributed by atoms with Crippen molar-refractivity contribution in [2.45, 2.75) is 39.3 Å². The Morgan fingerprint density at radius 3 is 2.71 bits per heavy atom. The van der Waals surface area contributed by atoms with Crippen molar-refractivity contribution >= 4 is 23.1 Å². The number of carbonyl (C=O) groups is 1. The largest absolute Gasteiger partial charge is 0.504 e. The lowest BCUT2D eigenvalue weighted by atomic mass is 9.87. The Morgan fingerprint density at radius 2 is 2.11 bits per heavy atom. The predicted molar refractivity (Wildman–Crippen MR) is 124 cm³/mol. The molecule has 1 aromatic carbocycles. The number of benzene rings is 1. The molecule has 11 nitrogen and oxygen atoms in total. The fourth-order valence-corrected chi connectivity index (χ4v) is 4.55. The van der Waals surface area contributed by atoms with Crippen molar-refractivity contribution in [3.8, 4) is 11.5 Å². The number of carbonyl (C=O) groups excluding carboxylic acids is 1.